The van der Waals surface area contributed by atoms with E-state index in [0.717, 1.165) is 19.3 Å². The van der Waals surface area contributed by atoms with E-state index in [2.05, 4.69) is 5.32 Å². The molecular formula is C21H23N3O7S. The van der Waals surface area contributed by atoms with Gasteiger partial charge >= 0.3 is 5.97 Å². The molecule has 0 aromatic heterocycles. The summed E-state index contributed by atoms with van der Waals surface area (Å²) in [6, 6.07) is 9.74. The van der Waals surface area contributed by atoms with Gasteiger partial charge in [-0.05, 0) is 44.0 Å². The number of hydrogen-bond donors (Lipinski definition) is 1. The maximum Gasteiger partial charge on any atom is 0.338 e. The number of ether oxygens (including phenoxy) is 1. The number of anilines is 1. The van der Waals surface area contributed by atoms with Crippen molar-refractivity contribution >= 4 is 33.3 Å². The van der Waals surface area contributed by atoms with Gasteiger partial charge in [0.15, 0.2) is 6.61 Å². The van der Waals surface area contributed by atoms with Crippen LogP contribution in [0.3, 0.4) is 0 Å². The highest BCUT2D eigenvalue weighted by atomic mass is 32.2. The molecule has 1 heterocycles. The maximum absolute atomic E-state index is 12.8. The van der Waals surface area contributed by atoms with E-state index in [0.29, 0.717) is 13.1 Å². The van der Waals surface area contributed by atoms with Crippen LogP contribution in [-0.2, 0) is 19.6 Å². The summed E-state index contributed by atoms with van der Waals surface area (Å²) >= 11 is 0. The molecule has 170 valence electrons. The highest BCUT2D eigenvalue weighted by Gasteiger charge is 2.26. The lowest BCUT2D eigenvalue weighted by Crippen LogP contribution is -2.35. The van der Waals surface area contributed by atoms with Crippen LogP contribution in [0.5, 0.6) is 0 Å². The van der Waals surface area contributed by atoms with Crippen molar-refractivity contribution in [3.8, 4) is 0 Å². The first kappa shape index (κ1) is 23.4. The van der Waals surface area contributed by atoms with Crippen molar-refractivity contribution in [3.63, 3.8) is 0 Å². The van der Waals surface area contributed by atoms with Gasteiger partial charge in [0.05, 0.1) is 26.6 Å². The van der Waals surface area contributed by atoms with E-state index in [1.807, 2.05) is 0 Å². The zero-order chi connectivity index (χ0) is 23.3. The molecule has 11 heteroatoms. The number of sulfonamides is 1. The average molecular weight is 461 g/mol. The minimum Gasteiger partial charge on any atom is -0.452 e. The fourth-order valence-corrected chi connectivity index (χ4v) is 4.96. The second kappa shape index (κ2) is 9.88. The summed E-state index contributed by atoms with van der Waals surface area (Å²) in [6.45, 7) is 1.74. The maximum atomic E-state index is 12.8. The summed E-state index contributed by atoms with van der Waals surface area (Å²) in [4.78, 5) is 35.0. The molecule has 10 nitrogen and oxygen atoms in total. The van der Waals surface area contributed by atoms with Gasteiger partial charge < -0.3 is 10.1 Å². The normalized spacial score (nSPS) is 14.5. The van der Waals surface area contributed by atoms with Crippen molar-refractivity contribution in [2.24, 2.45) is 0 Å². The Labute approximate surface area is 185 Å². The van der Waals surface area contributed by atoms with Gasteiger partial charge in [-0.3, -0.25) is 14.9 Å². The van der Waals surface area contributed by atoms with E-state index in [4.69, 9.17) is 4.74 Å². The fourth-order valence-electron chi connectivity index (χ4n) is 3.40. The number of carbonyl (C=O) groups is 2. The zero-order valence-electron chi connectivity index (χ0n) is 17.4. The monoisotopic (exact) mass is 461 g/mol. The number of benzene rings is 2. The number of nitro groups is 1. The van der Waals surface area contributed by atoms with E-state index < -0.39 is 33.4 Å². The van der Waals surface area contributed by atoms with Gasteiger partial charge in [0.25, 0.3) is 11.6 Å². The summed E-state index contributed by atoms with van der Waals surface area (Å²) in [6.07, 6.45) is 2.57. The van der Waals surface area contributed by atoms with Crippen molar-refractivity contribution in [2.45, 2.75) is 31.1 Å². The predicted molar refractivity (Wildman–Crippen MR) is 116 cm³/mol. The van der Waals surface area contributed by atoms with Crippen molar-refractivity contribution in [1.82, 2.24) is 4.31 Å². The SMILES string of the molecule is Cc1c(NC(=O)COC(=O)c2cccc(S(=O)(=O)N3CCCCC3)c2)cccc1[N+](=O)[O-]. The van der Waals surface area contributed by atoms with Crippen molar-refractivity contribution in [3.05, 3.63) is 63.7 Å². The van der Waals surface area contributed by atoms with Gasteiger partial charge in [0.1, 0.15) is 0 Å². The smallest absolute Gasteiger partial charge is 0.338 e. The first-order valence-electron chi connectivity index (χ1n) is 10.0. The first-order valence-corrected chi connectivity index (χ1v) is 11.5. The molecule has 1 amide bonds. The van der Waals surface area contributed by atoms with Gasteiger partial charge in [-0.25, -0.2) is 13.2 Å². The molecule has 1 N–H and O–H groups in total. The largest absolute Gasteiger partial charge is 0.452 e. The lowest BCUT2D eigenvalue weighted by molar-refractivity contribution is -0.385. The van der Waals surface area contributed by atoms with Crippen LogP contribution in [0.1, 0.15) is 35.2 Å². The molecule has 0 atom stereocenters. The first-order chi connectivity index (χ1) is 15.2. The van der Waals surface area contributed by atoms with Crippen LogP contribution in [0.15, 0.2) is 47.4 Å². The molecule has 0 saturated carbocycles. The Bertz CT molecular complexity index is 1140. The molecule has 1 aliphatic rings. The molecule has 32 heavy (non-hydrogen) atoms. The summed E-state index contributed by atoms with van der Waals surface area (Å²) < 4.78 is 32.0. The number of rotatable bonds is 7. The summed E-state index contributed by atoms with van der Waals surface area (Å²) in [5.41, 5.74) is 0.358. The van der Waals surface area contributed by atoms with Crippen LogP contribution in [0.4, 0.5) is 11.4 Å². The third-order valence-electron chi connectivity index (χ3n) is 5.13. The standard InChI is InChI=1S/C21H23N3O7S/c1-15-18(9-6-10-19(15)24(27)28)22-20(25)14-31-21(26)16-7-5-8-17(13-16)32(29,30)23-11-3-2-4-12-23/h5-10,13H,2-4,11-12,14H2,1H3,(H,22,25). The van der Waals surface area contributed by atoms with Crippen molar-refractivity contribution in [1.29, 1.82) is 0 Å². The molecule has 1 saturated heterocycles. The molecule has 2 aromatic carbocycles. The molecule has 1 fully saturated rings. The quantitative estimate of drug-likeness (QED) is 0.380. The van der Waals surface area contributed by atoms with Crippen LogP contribution in [0.2, 0.25) is 0 Å². The molecule has 0 radical (unpaired) electrons. The van der Waals surface area contributed by atoms with E-state index in [1.165, 1.54) is 53.7 Å². The van der Waals surface area contributed by atoms with Gasteiger partial charge in [-0.2, -0.15) is 4.31 Å². The molecule has 1 aliphatic heterocycles. The second-order valence-corrected chi connectivity index (χ2v) is 9.26. The Morgan fingerprint density at radius 2 is 1.81 bits per heavy atom. The molecule has 0 spiro atoms. The lowest BCUT2D eigenvalue weighted by atomic mass is 10.1. The Kier molecular flexibility index (Phi) is 7.21. The number of hydrogen-bond acceptors (Lipinski definition) is 7. The number of carbonyl (C=O) groups excluding carboxylic acids is 2. The third kappa shape index (κ3) is 5.29. The number of nitrogens with zero attached hydrogens (tertiary/aromatic N) is 2. The highest BCUT2D eigenvalue weighted by molar-refractivity contribution is 7.89. The summed E-state index contributed by atoms with van der Waals surface area (Å²) in [5, 5.41) is 13.5. The van der Waals surface area contributed by atoms with Crippen LogP contribution < -0.4 is 5.32 Å². The summed E-state index contributed by atoms with van der Waals surface area (Å²) in [5.74, 6) is -1.54. The van der Waals surface area contributed by atoms with Crippen LogP contribution >= 0.6 is 0 Å². The van der Waals surface area contributed by atoms with Gasteiger partial charge in [0, 0.05) is 19.2 Å². The van der Waals surface area contributed by atoms with Crippen LogP contribution in [-0.4, -0.2) is 49.2 Å². The predicted octanol–water partition coefficient (Wildman–Crippen LogP) is 2.87. The number of nitrogens with one attached hydrogen (secondary N) is 1. The van der Waals surface area contributed by atoms with Crippen molar-refractivity contribution in [2.75, 3.05) is 25.0 Å². The minimum atomic E-state index is -3.71. The Balaban J connectivity index is 1.64. The number of esters is 1. The molecule has 0 unspecified atom stereocenters. The van der Waals surface area contributed by atoms with Crippen molar-refractivity contribution < 1.29 is 27.7 Å². The minimum absolute atomic E-state index is 0.00224. The Morgan fingerprint density at radius 3 is 2.50 bits per heavy atom. The third-order valence-corrected chi connectivity index (χ3v) is 7.03. The van der Waals surface area contributed by atoms with Gasteiger partial charge in [-0.15, -0.1) is 0 Å². The number of piperidine rings is 1. The zero-order valence-corrected chi connectivity index (χ0v) is 18.3. The van der Waals surface area contributed by atoms with Gasteiger partial charge in [-0.1, -0.05) is 18.6 Å². The molecular weight excluding hydrogens is 438 g/mol. The van der Waals surface area contributed by atoms with E-state index in [9.17, 15) is 28.1 Å². The lowest BCUT2D eigenvalue weighted by Gasteiger charge is -2.25. The van der Waals surface area contributed by atoms with Gasteiger partial charge in [0.2, 0.25) is 10.0 Å². The number of nitro benzene ring substituents is 1. The van der Waals surface area contributed by atoms with Crippen LogP contribution in [0, 0.1) is 17.0 Å². The summed E-state index contributed by atoms with van der Waals surface area (Å²) in [7, 11) is -3.71. The average Bonchev–Trinajstić information content (AvgIpc) is 2.79. The topological polar surface area (TPSA) is 136 Å². The molecule has 0 bridgehead atoms. The fraction of sp³-hybridized carbons (Fsp3) is 0.333. The van der Waals surface area contributed by atoms with Crippen LogP contribution in [0.25, 0.3) is 0 Å². The Morgan fingerprint density at radius 1 is 1.12 bits per heavy atom. The second-order valence-electron chi connectivity index (χ2n) is 7.32. The van der Waals surface area contributed by atoms with E-state index in [1.54, 1.807) is 0 Å². The molecule has 3 rings (SSSR count). The van der Waals surface area contributed by atoms with E-state index in [-0.39, 0.29) is 27.4 Å². The number of amides is 1. The molecule has 2 aromatic rings. The Hall–Kier alpha value is -3.31. The highest BCUT2D eigenvalue weighted by Crippen LogP contribution is 2.25. The molecule has 0 aliphatic carbocycles. The van der Waals surface area contributed by atoms with E-state index >= 15 is 0 Å².